The lowest BCUT2D eigenvalue weighted by molar-refractivity contribution is -0.385. The van der Waals surface area contributed by atoms with Crippen LogP contribution >= 0.6 is 0 Å². The van der Waals surface area contributed by atoms with Crippen molar-refractivity contribution >= 4 is 16.6 Å². The SMILES string of the molecule is COc1cc(CN2CCC(c3c[nH]c4ccccc34)CC2)c([N+](=O)[O-])cc1OC(F)F. The van der Waals surface area contributed by atoms with Crippen molar-refractivity contribution in [2.45, 2.75) is 31.9 Å². The lowest BCUT2D eigenvalue weighted by Crippen LogP contribution is -2.32. The summed E-state index contributed by atoms with van der Waals surface area (Å²) < 4.78 is 34.8. The average Bonchev–Trinajstić information content (AvgIpc) is 3.18. The number of methoxy groups -OCH3 is 1. The van der Waals surface area contributed by atoms with Gasteiger partial charge in [-0.3, -0.25) is 15.0 Å². The molecular formula is C22H23F2N3O4. The fraction of sp³-hybridized carbons (Fsp3) is 0.364. The van der Waals surface area contributed by atoms with Gasteiger partial charge in [-0.25, -0.2) is 0 Å². The Bertz CT molecular complexity index is 1080. The Morgan fingerprint density at radius 1 is 1.23 bits per heavy atom. The van der Waals surface area contributed by atoms with Crippen molar-refractivity contribution in [3.63, 3.8) is 0 Å². The maximum atomic E-state index is 12.6. The molecular weight excluding hydrogens is 408 g/mol. The number of piperidine rings is 1. The van der Waals surface area contributed by atoms with Crippen molar-refractivity contribution in [1.29, 1.82) is 0 Å². The number of nitrogens with zero attached hydrogens (tertiary/aromatic N) is 2. The zero-order valence-electron chi connectivity index (χ0n) is 17.0. The molecule has 1 fully saturated rings. The molecule has 0 spiro atoms. The van der Waals surface area contributed by atoms with Crippen LogP contribution in [0.3, 0.4) is 0 Å². The van der Waals surface area contributed by atoms with E-state index in [1.54, 1.807) is 0 Å². The zero-order valence-corrected chi connectivity index (χ0v) is 17.0. The molecule has 2 heterocycles. The molecule has 0 radical (unpaired) electrons. The topological polar surface area (TPSA) is 80.6 Å². The van der Waals surface area contributed by atoms with Gasteiger partial charge in [-0.2, -0.15) is 8.78 Å². The fourth-order valence-corrected chi connectivity index (χ4v) is 4.31. The summed E-state index contributed by atoms with van der Waals surface area (Å²) in [5.74, 6) is 0.124. The number of alkyl halides is 2. The van der Waals surface area contributed by atoms with Crippen LogP contribution in [0.2, 0.25) is 0 Å². The number of nitro benzene ring substituents is 1. The lowest BCUT2D eigenvalue weighted by Gasteiger charge is -2.32. The molecule has 7 nitrogen and oxygen atoms in total. The van der Waals surface area contributed by atoms with Gasteiger partial charge in [0.1, 0.15) is 0 Å². The fourth-order valence-electron chi connectivity index (χ4n) is 4.31. The van der Waals surface area contributed by atoms with Gasteiger partial charge in [-0.05, 0) is 49.5 Å². The van der Waals surface area contributed by atoms with Gasteiger partial charge in [-0.1, -0.05) is 18.2 Å². The second-order valence-electron chi connectivity index (χ2n) is 7.61. The molecule has 3 aromatic rings. The van der Waals surface area contributed by atoms with Crippen LogP contribution in [-0.4, -0.2) is 41.6 Å². The van der Waals surface area contributed by atoms with Crippen molar-refractivity contribution in [3.8, 4) is 11.5 Å². The first kappa shape index (κ1) is 21.0. The maximum absolute atomic E-state index is 12.6. The summed E-state index contributed by atoms with van der Waals surface area (Å²) in [6.07, 6.45) is 3.93. The van der Waals surface area contributed by atoms with Gasteiger partial charge in [0.2, 0.25) is 0 Å². The highest BCUT2D eigenvalue weighted by molar-refractivity contribution is 5.83. The van der Waals surface area contributed by atoms with Gasteiger partial charge in [0.25, 0.3) is 5.69 Å². The molecule has 1 saturated heterocycles. The minimum Gasteiger partial charge on any atom is -0.493 e. The molecule has 0 saturated carbocycles. The summed E-state index contributed by atoms with van der Waals surface area (Å²) in [6, 6.07) is 10.6. The van der Waals surface area contributed by atoms with Crippen molar-refractivity contribution in [1.82, 2.24) is 9.88 Å². The Labute approximate surface area is 177 Å². The van der Waals surface area contributed by atoms with Gasteiger partial charge in [0.15, 0.2) is 11.5 Å². The molecule has 1 aliphatic rings. The number of hydrogen-bond donors (Lipinski definition) is 1. The van der Waals surface area contributed by atoms with Gasteiger partial charge >= 0.3 is 6.61 Å². The molecule has 0 atom stereocenters. The number of H-pyrrole nitrogens is 1. The van der Waals surface area contributed by atoms with E-state index in [2.05, 4.69) is 33.0 Å². The number of fused-ring (bicyclic) bond motifs is 1. The molecule has 0 unspecified atom stereocenters. The second-order valence-corrected chi connectivity index (χ2v) is 7.61. The monoisotopic (exact) mass is 431 g/mol. The molecule has 1 aliphatic heterocycles. The van der Waals surface area contributed by atoms with Crippen LogP contribution in [0, 0.1) is 10.1 Å². The summed E-state index contributed by atoms with van der Waals surface area (Å²) in [6.45, 7) is -1.21. The van der Waals surface area contributed by atoms with Crippen LogP contribution in [0.4, 0.5) is 14.5 Å². The third-order valence-electron chi connectivity index (χ3n) is 5.82. The number of likely N-dealkylation sites (tertiary alicyclic amines) is 1. The van der Waals surface area contributed by atoms with Crippen LogP contribution in [-0.2, 0) is 6.54 Å². The molecule has 31 heavy (non-hydrogen) atoms. The Hall–Kier alpha value is -3.20. The lowest BCUT2D eigenvalue weighted by atomic mass is 9.89. The molecule has 164 valence electrons. The van der Waals surface area contributed by atoms with Crippen molar-refractivity contribution < 1.29 is 23.2 Å². The second kappa shape index (κ2) is 8.89. The number of rotatable bonds is 7. The van der Waals surface area contributed by atoms with Crippen LogP contribution in [0.1, 0.15) is 29.9 Å². The van der Waals surface area contributed by atoms with Crippen LogP contribution in [0.5, 0.6) is 11.5 Å². The van der Waals surface area contributed by atoms with E-state index in [1.165, 1.54) is 24.1 Å². The maximum Gasteiger partial charge on any atom is 0.387 e. The first-order valence-corrected chi connectivity index (χ1v) is 10.0. The van der Waals surface area contributed by atoms with Crippen molar-refractivity contribution in [2.24, 2.45) is 0 Å². The Morgan fingerprint density at radius 3 is 2.65 bits per heavy atom. The third-order valence-corrected chi connectivity index (χ3v) is 5.82. The van der Waals surface area contributed by atoms with E-state index in [0.717, 1.165) is 37.5 Å². The van der Waals surface area contributed by atoms with Gasteiger partial charge in [0, 0.05) is 29.2 Å². The van der Waals surface area contributed by atoms with Crippen LogP contribution in [0.25, 0.3) is 10.9 Å². The number of para-hydroxylation sites is 1. The minimum absolute atomic E-state index is 0.0505. The largest absolute Gasteiger partial charge is 0.493 e. The Kier molecular flexibility index (Phi) is 6.03. The highest BCUT2D eigenvalue weighted by Crippen LogP contribution is 2.38. The molecule has 0 aliphatic carbocycles. The predicted octanol–water partition coefficient (Wildman–Crippen LogP) is 5.07. The number of halogens is 2. The van der Waals surface area contributed by atoms with E-state index in [-0.39, 0.29) is 17.2 Å². The Morgan fingerprint density at radius 2 is 1.97 bits per heavy atom. The van der Waals surface area contributed by atoms with Gasteiger partial charge in [-0.15, -0.1) is 0 Å². The average molecular weight is 431 g/mol. The van der Waals surface area contributed by atoms with Crippen LogP contribution in [0.15, 0.2) is 42.6 Å². The molecule has 4 rings (SSSR count). The van der Waals surface area contributed by atoms with Crippen molar-refractivity contribution in [2.75, 3.05) is 20.2 Å². The van der Waals surface area contributed by atoms with E-state index in [9.17, 15) is 18.9 Å². The van der Waals surface area contributed by atoms with Gasteiger partial charge in [0.05, 0.1) is 18.1 Å². The van der Waals surface area contributed by atoms with E-state index in [1.807, 2.05) is 12.1 Å². The van der Waals surface area contributed by atoms with Crippen LogP contribution < -0.4 is 9.47 Å². The number of ether oxygens (including phenoxy) is 2. The predicted molar refractivity (Wildman–Crippen MR) is 112 cm³/mol. The summed E-state index contributed by atoms with van der Waals surface area (Å²) in [5, 5.41) is 12.8. The number of nitrogens with one attached hydrogen (secondary N) is 1. The molecule has 0 amide bonds. The highest BCUT2D eigenvalue weighted by Gasteiger charge is 2.26. The van der Waals surface area contributed by atoms with E-state index in [0.29, 0.717) is 18.0 Å². The number of hydrogen-bond acceptors (Lipinski definition) is 5. The van der Waals surface area contributed by atoms with E-state index >= 15 is 0 Å². The number of aromatic nitrogens is 1. The summed E-state index contributed by atoms with van der Waals surface area (Å²) >= 11 is 0. The highest BCUT2D eigenvalue weighted by atomic mass is 19.3. The number of aromatic amines is 1. The molecule has 0 bridgehead atoms. The molecule has 2 aromatic carbocycles. The first-order chi connectivity index (χ1) is 15.0. The summed E-state index contributed by atoms with van der Waals surface area (Å²) in [7, 11) is 1.32. The number of benzene rings is 2. The molecule has 1 N–H and O–H groups in total. The van der Waals surface area contributed by atoms with Crippen molar-refractivity contribution in [3.05, 3.63) is 63.8 Å². The third kappa shape index (κ3) is 4.46. The smallest absolute Gasteiger partial charge is 0.387 e. The minimum atomic E-state index is -3.09. The summed E-state index contributed by atoms with van der Waals surface area (Å²) in [4.78, 5) is 16.4. The zero-order chi connectivity index (χ0) is 22.0. The first-order valence-electron chi connectivity index (χ1n) is 10.0. The van der Waals surface area contributed by atoms with E-state index < -0.39 is 11.5 Å². The van der Waals surface area contributed by atoms with E-state index in [4.69, 9.17) is 4.74 Å². The normalized spacial score (nSPS) is 15.5. The molecule has 1 aromatic heterocycles. The molecule has 9 heteroatoms. The summed E-state index contributed by atoms with van der Waals surface area (Å²) in [5.41, 5.74) is 2.58. The Balaban J connectivity index is 1.49. The van der Waals surface area contributed by atoms with Gasteiger partial charge < -0.3 is 14.5 Å². The number of nitro groups is 1. The standard InChI is InChI=1S/C22H23F2N3O4/c1-30-20-10-15(19(27(28)29)11-21(20)31-22(23)24)13-26-8-6-14(7-9-26)17-12-25-18-5-3-2-4-16(17)18/h2-5,10-12,14,22,25H,6-9,13H2,1H3. The quantitative estimate of drug-likeness (QED) is 0.418.